The van der Waals surface area contributed by atoms with Gasteiger partial charge in [-0.05, 0) is 57.6 Å². The third kappa shape index (κ3) is 7.35. The molecule has 2 aliphatic heterocycles. The van der Waals surface area contributed by atoms with Crippen LogP contribution in [0.1, 0.15) is 88.4 Å². The van der Waals surface area contributed by atoms with Gasteiger partial charge in [0.15, 0.2) is 5.78 Å². The lowest BCUT2D eigenvalue weighted by Gasteiger charge is -2.34. The molecule has 2 aromatic rings. The Morgan fingerprint density at radius 1 is 0.950 bits per heavy atom. The number of benzene rings is 1. The Balaban J connectivity index is 1.30. The maximum absolute atomic E-state index is 12.9. The number of Topliss-reactive ketones (excluding diaryl/α,β-unsaturated/α-hetero) is 1. The summed E-state index contributed by atoms with van der Waals surface area (Å²) in [6, 6.07) is 6.87. The van der Waals surface area contributed by atoms with Crippen molar-refractivity contribution >= 4 is 23.5 Å². The number of rotatable bonds is 8. The number of carbonyl (C=O) groups is 4. The Hall–Kier alpha value is -3.53. The third-order valence-corrected chi connectivity index (χ3v) is 7.65. The Kier molecular flexibility index (Phi) is 10.5. The molecule has 1 aromatic carbocycles. The predicted molar refractivity (Wildman–Crippen MR) is 150 cm³/mol. The molecule has 0 saturated carbocycles. The van der Waals surface area contributed by atoms with Gasteiger partial charge in [0.25, 0.3) is 11.8 Å². The quantitative estimate of drug-likeness (QED) is 0.399. The van der Waals surface area contributed by atoms with Crippen LogP contribution in [0.2, 0.25) is 0 Å². The average molecular weight is 552 g/mol. The van der Waals surface area contributed by atoms with Crippen molar-refractivity contribution in [2.24, 2.45) is 0 Å². The zero-order chi connectivity index (χ0) is 28.5. The van der Waals surface area contributed by atoms with E-state index in [1.807, 2.05) is 6.92 Å². The second-order valence-corrected chi connectivity index (χ2v) is 10.4. The van der Waals surface area contributed by atoms with Crippen LogP contribution in [0.4, 0.5) is 0 Å². The maximum atomic E-state index is 12.9. The summed E-state index contributed by atoms with van der Waals surface area (Å²) in [5, 5.41) is 7.75. The minimum Gasteiger partial charge on any atom is -0.381 e. The smallest absolute Gasteiger partial charge is 0.269 e. The number of hydrogen-bond acceptors (Lipinski definition) is 6. The van der Waals surface area contributed by atoms with E-state index < -0.39 is 0 Å². The topological polar surface area (TPSA) is 114 Å². The molecule has 40 heavy (non-hydrogen) atoms. The molecule has 0 spiro atoms. The largest absolute Gasteiger partial charge is 0.381 e. The van der Waals surface area contributed by atoms with Gasteiger partial charge >= 0.3 is 0 Å². The molecule has 1 aromatic heterocycles. The zero-order valence-electron chi connectivity index (χ0n) is 23.7. The Labute approximate surface area is 236 Å². The molecule has 1 fully saturated rings. The van der Waals surface area contributed by atoms with Crippen LogP contribution in [0, 0.1) is 0 Å². The van der Waals surface area contributed by atoms with Crippen molar-refractivity contribution in [2.75, 3.05) is 45.9 Å². The van der Waals surface area contributed by atoms with Crippen LogP contribution < -0.4 is 5.32 Å². The van der Waals surface area contributed by atoms with E-state index in [1.54, 1.807) is 45.7 Å². The Bertz CT molecular complexity index is 1200. The maximum Gasteiger partial charge on any atom is 0.269 e. The molecule has 0 unspecified atom stereocenters. The Morgan fingerprint density at radius 3 is 2.33 bits per heavy atom. The van der Waals surface area contributed by atoms with E-state index in [4.69, 9.17) is 9.84 Å². The monoisotopic (exact) mass is 551 g/mol. The molecular formula is C30H41N5O5. The predicted octanol–water partition coefficient (Wildman–Crippen LogP) is 2.89. The second-order valence-electron chi connectivity index (χ2n) is 10.4. The van der Waals surface area contributed by atoms with Crippen molar-refractivity contribution in [3.63, 3.8) is 0 Å². The van der Waals surface area contributed by atoms with Gasteiger partial charge in [0.05, 0.1) is 5.69 Å². The summed E-state index contributed by atoms with van der Waals surface area (Å²) in [6.07, 6.45) is 5.00. The van der Waals surface area contributed by atoms with E-state index in [2.05, 4.69) is 5.32 Å². The second kappa shape index (κ2) is 14.2. The highest BCUT2D eigenvalue weighted by atomic mass is 16.5. The molecule has 2 aliphatic rings. The highest BCUT2D eigenvalue weighted by Crippen LogP contribution is 2.21. The number of carbonyl (C=O) groups excluding carboxylic acids is 4. The van der Waals surface area contributed by atoms with Gasteiger partial charge in [0, 0.05) is 82.5 Å². The minimum absolute atomic E-state index is 0.0273. The normalized spacial score (nSPS) is 16.6. The SMILES string of the molecule is CCn1nc(CCCCC(=O)c2ccc(C(=O)N3CCN(C(C)=O)CC3)cc2)c2c1C(=O)NCCCOCCC2. The molecule has 1 N–H and O–H groups in total. The number of ether oxygens (including phenoxy) is 1. The summed E-state index contributed by atoms with van der Waals surface area (Å²) in [4.78, 5) is 53.6. The van der Waals surface area contributed by atoms with E-state index in [0.717, 1.165) is 36.9 Å². The Morgan fingerprint density at radius 2 is 1.62 bits per heavy atom. The molecule has 0 aliphatic carbocycles. The number of amides is 3. The lowest BCUT2D eigenvalue weighted by atomic mass is 10.00. The fraction of sp³-hybridized carbons (Fsp3) is 0.567. The molecule has 4 rings (SSSR count). The van der Waals surface area contributed by atoms with Gasteiger partial charge in [-0.1, -0.05) is 12.1 Å². The van der Waals surface area contributed by atoms with Crippen molar-refractivity contribution in [1.29, 1.82) is 0 Å². The van der Waals surface area contributed by atoms with Crippen LogP contribution in [0.5, 0.6) is 0 Å². The molecule has 3 amide bonds. The first-order chi connectivity index (χ1) is 19.4. The molecular weight excluding hydrogens is 510 g/mol. The lowest BCUT2D eigenvalue weighted by molar-refractivity contribution is -0.130. The number of aryl methyl sites for hydroxylation is 2. The molecule has 3 heterocycles. The highest BCUT2D eigenvalue weighted by molar-refractivity contribution is 5.99. The number of fused-ring (bicyclic) bond motifs is 1. The van der Waals surface area contributed by atoms with Crippen LogP contribution in [0.25, 0.3) is 0 Å². The highest BCUT2D eigenvalue weighted by Gasteiger charge is 2.24. The minimum atomic E-state index is -0.0780. The van der Waals surface area contributed by atoms with Crippen LogP contribution in [-0.4, -0.2) is 89.0 Å². The first-order valence-corrected chi connectivity index (χ1v) is 14.5. The fourth-order valence-electron chi connectivity index (χ4n) is 5.34. The molecule has 1 saturated heterocycles. The van der Waals surface area contributed by atoms with Gasteiger partial charge in [-0.3, -0.25) is 23.9 Å². The number of nitrogens with one attached hydrogen (secondary N) is 1. The van der Waals surface area contributed by atoms with Gasteiger partial charge in [0.2, 0.25) is 5.91 Å². The van der Waals surface area contributed by atoms with Gasteiger partial charge < -0.3 is 19.9 Å². The third-order valence-electron chi connectivity index (χ3n) is 7.65. The first kappa shape index (κ1) is 29.5. The van der Waals surface area contributed by atoms with Gasteiger partial charge in [-0.25, -0.2) is 0 Å². The summed E-state index contributed by atoms with van der Waals surface area (Å²) in [6.45, 7) is 8.16. The number of unbranched alkanes of at least 4 members (excludes halogenated alkanes) is 1. The summed E-state index contributed by atoms with van der Waals surface area (Å²) in [7, 11) is 0. The van der Waals surface area contributed by atoms with E-state index in [1.165, 1.54) is 0 Å². The zero-order valence-corrected chi connectivity index (χ0v) is 23.7. The molecule has 0 bridgehead atoms. The molecule has 0 radical (unpaired) electrons. The van der Waals surface area contributed by atoms with Crippen molar-refractivity contribution < 1.29 is 23.9 Å². The van der Waals surface area contributed by atoms with Crippen LogP contribution in [-0.2, 0) is 28.9 Å². The number of ketones is 1. The molecule has 216 valence electrons. The van der Waals surface area contributed by atoms with Gasteiger partial charge in [-0.15, -0.1) is 0 Å². The van der Waals surface area contributed by atoms with Crippen molar-refractivity contribution in [3.05, 3.63) is 52.3 Å². The lowest BCUT2D eigenvalue weighted by Crippen LogP contribution is -2.50. The van der Waals surface area contributed by atoms with E-state index in [-0.39, 0.29) is 23.5 Å². The molecule has 10 nitrogen and oxygen atoms in total. The van der Waals surface area contributed by atoms with Crippen molar-refractivity contribution in [3.8, 4) is 0 Å². The van der Waals surface area contributed by atoms with Crippen LogP contribution >= 0.6 is 0 Å². The van der Waals surface area contributed by atoms with Gasteiger partial charge in [-0.2, -0.15) is 5.10 Å². The standard InChI is InChI=1S/C30H41N5O5/c1-3-35-28-25(8-6-20-40-21-7-15-31-29(28)38)26(32-35)9-4-5-10-27(37)23-11-13-24(14-12-23)30(39)34-18-16-33(17-19-34)22(2)36/h11-14H,3-10,15-21H2,1-2H3,(H,31,38). The van der Waals surface area contributed by atoms with Gasteiger partial charge in [0.1, 0.15) is 5.69 Å². The number of aromatic nitrogens is 2. The van der Waals surface area contributed by atoms with E-state index in [9.17, 15) is 19.2 Å². The van der Waals surface area contributed by atoms with Crippen molar-refractivity contribution in [1.82, 2.24) is 24.9 Å². The first-order valence-electron chi connectivity index (χ1n) is 14.5. The number of hydrogen-bond donors (Lipinski definition) is 1. The molecule has 0 atom stereocenters. The van der Waals surface area contributed by atoms with Crippen LogP contribution in [0.3, 0.4) is 0 Å². The summed E-state index contributed by atoms with van der Waals surface area (Å²) >= 11 is 0. The number of nitrogens with zero attached hydrogens (tertiary/aromatic N) is 4. The average Bonchev–Trinajstić information content (AvgIpc) is 3.31. The molecule has 10 heteroatoms. The summed E-state index contributed by atoms with van der Waals surface area (Å²) in [5.74, 6) is -0.0814. The van der Waals surface area contributed by atoms with E-state index in [0.29, 0.717) is 88.6 Å². The number of piperazine rings is 1. The van der Waals surface area contributed by atoms with Crippen LogP contribution in [0.15, 0.2) is 24.3 Å². The van der Waals surface area contributed by atoms with Crippen molar-refractivity contribution in [2.45, 2.75) is 65.3 Å². The fourth-order valence-corrected chi connectivity index (χ4v) is 5.34. The van der Waals surface area contributed by atoms with E-state index >= 15 is 0 Å². The summed E-state index contributed by atoms with van der Waals surface area (Å²) < 4.78 is 7.47. The summed E-state index contributed by atoms with van der Waals surface area (Å²) in [5.41, 5.74) is 3.74.